The van der Waals surface area contributed by atoms with Gasteiger partial charge in [-0.1, -0.05) is 74.4 Å². The molecule has 1 aromatic rings. The van der Waals surface area contributed by atoms with Gasteiger partial charge in [0.1, 0.15) is 0 Å². The average Bonchev–Trinajstić information content (AvgIpc) is 2.23. The minimum atomic E-state index is -1.98. The number of hydrogen-bond donors (Lipinski definition) is 1. The zero-order chi connectivity index (χ0) is 16.8. The summed E-state index contributed by atoms with van der Waals surface area (Å²) in [6.45, 7) is 19.1. The van der Waals surface area contributed by atoms with E-state index in [2.05, 4.69) is 74.4 Å². The van der Waals surface area contributed by atoms with Gasteiger partial charge in [0.25, 0.3) is 0 Å². The third kappa shape index (κ3) is 4.96. The molecule has 1 rings (SSSR count). The maximum absolute atomic E-state index is 12.0. The van der Waals surface area contributed by atoms with Crippen molar-refractivity contribution in [3.8, 4) is 0 Å². The molecule has 0 fully saturated rings. The Labute approximate surface area is 150 Å². The topological polar surface area (TPSA) is 37.3 Å². The van der Waals surface area contributed by atoms with Gasteiger partial charge in [0.05, 0.1) is 4.90 Å². The maximum atomic E-state index is 12.0. The van der Waals surface area contributed by atoms with Crippen LogP contribution >= 0.6 is 0 Å². The summed E-state index contributed by atoms with van der Waals surface area (Å²) in [6.07, 6.45) is 0. The first-order chi connectivity index (χ1) is 9.15. The summed E-state index contributed by atoms with van der Waals surface area (Å²) in [5.74, 6) is 0. The Bertz CT molecular complexity index is 523. The van der Waals surface area contributed by atoms with E-state index >= 15 is 0 Å². The molecule has 1 N–H and O–H groups in total. The third-order valence-corrected chi connectivity index (χ3v) is 4.53. The van der Waals surface area contributed by atoms with Crippen LogP contribution in [0.25, 0.3) is 0 Å². The van der Waals surface area contributed by atoms with Crippen LogP contribution in [0.4, 0.5) is 0 Å². The molecule has 0 spiro atoms. The van der Waals surface area contributed by atoms with E-state index in [0.29, 0.717) is 4.90 Å². The molecule has 1 unspecified atom stereocenters. The van der Waals surface area contributed by atoms with Gasteiger partial charge >= 0.3 is 18.9 Å². The van der Waals surface area contributed by atoms with Gasteiger partial charge in [0.2, 0.25) is 0 Å². The number of rotatable bonds is 1. The monoisotopic (exact) mass is 318 g/mol. The third-order valence-electron chi connectivity index (χ3n) is 3.75. The van der Waals surface area contributed by atoms with Gasteiger partial charge in [-0.2, -0.15) is 0 Å². The Morgan fingerprint density at radius 3 is 1.27 bits per heavy atom. The molecular weight excluding hydrogens is 287 g/mol. The predicted molar refractivity (Wildman–Crippen MR) is 98.7 cm³/mol. The second-order valence-electron chi connectivity index (χ2n) is 8.90. The number of benzene rings is 1. The van der Waals surface area contributed by atoms with Crippen LogP contribution in [0.3, 0.4) is 0 Å². The Kier molecular flexibility index (Phi) is 6.79. The van der Waals surface area contributed by atoms with Gasteiger partial charge in [-0.3, -0.25) is 0 Å². The quantitative estimate of drug-likeness (QED) is 0.611. The first-order valence-electron chi connectivity index (χ1n) is 7.46. The van der Waals surface area contributed by atoms with E-state index in [0.717, 1.165) is 11.1 Å². The van der Waals surface area contributed by atoms with Gasteiger partial charge in [0.15, 0.2) is 11.1 Å². The van der Waals surface area contributed by atoms with E-state index in [1.165, 1.54) is 5.56 Å². The predicted octanol–water partition coefficient (Wildman–Crippen LogP) is 4.51. The average molecular weight is 318 g/mol. The van der Waals surface area contributed by atoms with Gasteiger partial charge < -0.3 is 4.55 Å². The first kappa shape index (κ1) is 21.9. The van der Waals surface area contributed by atoms with E-state index < -0.39 is 11.1 Å². The van der Waals surface area contributed by atoms with E-state index in [4.69, 9.17) is 0 Å². The van der Waals surface area contributed by atoms with Crippen LogP contribution in [0.5, 0.6) is 0 Å². The van der Waals surface area contributed by atoms with Crippen LogP contribution in [-0.4, -0.2) is 27.6 Å². The zero-order valence-electron chi connectivity index (χ0n) is 14.9. The molecule has 22 heavy (non-hydrogen) atoms. The molecule has 1 aromatic carbocycles. The Morgan fingerprint density at radius 2 is 1.09 bits per heavy atom. The summed E-state index contributed by atoms with van der Waals surface area (Å²) in [5.41, 5.74) is 2.83. The molecule has 0 aliphatic heterocycles. The van der Waals surface area contributed by atoms with Crippen molar-refractivity contribution >= 4 is 29.9 Å². The molecule has 0 aliphatic rings. The molecule has 0 radical (unpaired) electrons. The standard InChI is InChI=1S/C18H30O2S.Li.H/c1-16(2,3)12-10-13(17(4,5)6)15(21(19)20)14(11-12)18(7,8)9;;/h10-11H,1-9H3,(H,19,20);;. The normalized spacial score (nSPS) is 14.5. The molecule has 0 aliphatic carbocycles. The molecule has 0 saturated heterocycles. The van der Waals surface area contributed by atoms with E-state index in [1.54, 1.807) is 0 Å². The van der Waals surface area contributed by atoms with E-state index in [1.807, 2.05) is 0 Å². The van der Waals surface area contributed by atoms with Crippen LogP contribution in [0, 0.1) is 0 Å². The van der Waals surface area contributed by atoms with Crippen molar-refractivity contribution in [2.24, 2.45) is 0 Å². The second-order valence-corrected chi connectivity index (χ2v) is 9.81. The van der Waals surface area contributed by atoms with Gasteiger partial charge in [-0.15, -0.1) is 0 Å². The Morgan fingerprint density at radius 1 is 0.773 bits per heavy atom. The minimum absolute atomic E-state index is 0. The van der Waals surface area contributed by atoms with Gasteiger partial charge in [-0.25, -0.2) is 4.21 Å². The number of hydrogen-bond acceptors (Lipinski definition) is 1. The van der Waals surface area contributed by atoms with Crippen molar-refractivity contribution in [1.29, 1.82) is 0 Å². The summed E-state index contributed by atoms with van der Waals surface area (Å²) >= 11 is -1.98. The van der Waals surface area contributed by atoms with Crippen LogP contribution < -0.4 is 0 Å². The molecule has 0 bridgehead atoms. The Balaban J connectivity index is 0.00000441. The summed E-state index contributed by atoms with van der Waals surface area (Å²) in [4.78, 5) is 0.586. The van der Waals surface area contributed by atoms with Crippen molar-refractivity contribution in [2.45, 2.75) is 83.5 Å². The molecule has 0 saturated carbocycles. The van der Waals surface area contributed by atoms with E-state index in [-0.39, 0.29) is 35.1 Å². The van der Waals surface area contributed by atoms with Crippen molar-refractivity contribution in [3.05, 3.63) is 28.8 Å². The van der Waals surface area contributed by atoms with Gasteiger partial charge in [-0.05, 0) is 32.9 Å². The fourth-order valence-electron chi connectivity index (χ4n) is 2.36. The molecular formula is C18H31LiO2S. The van der Waals surface area contributed by atoms with Crippen LogP contribution in [0.15, 0.2) is 17.0 Å². The zero-order valence-corrected chi connectivity index (χ0v) is 15.7. The van der Waals surface area contributed by atoms with Crippen molar-refractivity contribution in [3.63, 3.8) is 0 Å². The fourth-order valence-corrected chi connectivity index (χ4v) is 3.47. The molecule has 122 valence electrons. The van der Waals surface area contributed by atoms with Crippen molar-refractivity contribution in [2.75, 3.05) is 0 Å². The SMILES string of the molecule is CC(C)(C)c1cc(C(C)(C)C)c(S(=O)O)c(C(C)(C)C)c1.[LiH]. The van der Waals surface area contributed by atoms with Crippen LogP contribution in [0.1, 0.15) is 79.0 Å². The molecule has 0 amide bonds. The summed E-state index contributed by atoms with van der Waals surface area (Å²) in [7, 11) is 0. The Hall–Kier alpha value is -0.0726. The molecule has 2 nitrogen and oxygen atoms in total. The van der Waals surface area contributed by atoms with Crippen molar-refractivity contribution < 1.29 is 8.76 Å². The first-order valence-corrected chi connectivity index (χ1v) is 8.56. The molecule has 1 atom stereocenters. The summed E-state index contributed by atoms with van der Waals surface area (Å²) in [6, 6.07) is 4.22. The summed E-state index contributed by atoms with van der Waals surface area (Å²) < 4.78 is 21.9. The van der Waals surface area contributed by atoms with Crippen LogP contribution in [0.2, 0.25) is 0 Å². The van der Waals surface area contributed by atoms with E-state index in [9.17, 15) is 8.76 Å². The second kappa shape index (κ2) is 6.81. The fraction of sp³-hybridized carbons (Fsp3) is 0.667. The molecule has 4 heteroatoms. The van der Waals surface area contributed by atoms with Crippen LogP contribution in [-0.2, 0) is 27.3 Å². The molecule has 0 heterocycles. The van der Waals surface area contributed by atoms with Crippen molar-refractivity contribution in [1.82, 2.24) is 0 Å². The van der Waals surface area contributed by atoms with Gasteiger partial charge in [0, 0.05) is 0 Å². The summed E-state index contributed by atoms with van der Waals surface area (Å²) in [5, 5.41) is 0. The molecule has 0 aromatic heterocycles.